The highest BCUT2D eigenvalue weighted by atomic mass is 79.9. The van der Waals surface area contributed by atoms with E-state index < -0.39 is 0 Å². The molecule has 1 unspecified atom stereocenters. The van der Waals surface area contributed by atoms with Gasteiger partial charge in [0.25, 0.3) is 0 Å². The largest absolute Gasteiger partial charge is 0.324 e. The van der Waals surface area contributed by atoms with Crippen LogP contribution in [0.25, 0.3) is 5.69 Å². The average molecular weight is 319 g/mol. The number of fused-ring (bicyclic) bond motifs is 1. The molecule has 0 saturated carbocycles. The van der Waals surface area contributed by atoms with Crippen LogP contribution in [0.15, 0.2) is 41.0 Å². The molecule has 0 saturated heterocycles. The maximum absolute atomic E-state index is 6.32. The summed E-state index contributed by atoms with van der Waals surface area (Å²) in [4.78, 5) is 0. The first-order chi connectivity index (χ1) is 8.96. The minimum absolute atomic E-state index is 0.159. The number of rotatable bonds is 1. The molecular weight excluding hydrogens is 300 g/mol. The zero-order valence-electron chi connectivity index (χ0n) is 11.4. The van der Waals surface area contributed by atoms with Gasteiger partial charge < -0.3 is 10.3 Å². The van der Waals surface area contributed by atoms with E-state index in [0.717, 1.165) is 17.3 Å². The zero-order valence-corrected chi connectivity index (χ0v) is 12.9. The molecule has 3 heteroatoms. The number of halogens is 1. The minimum atomic E-state index is 0.159. The fraction of sp³-hybridized carbons (Fsp3) is 0.375. The lowest BCUT2D eigenvalue weighted by Gasteiger charge is -2.34. The molecule has 1 aromatic heterocycles. The van der Waals surface area contributed by atoms with E-state index in [4.69, 9.17) is 5.73 Å². The first-order valence-corrected chi connectivity index (χ1v) is 7.47. The predicted molar refractivity (Wildman–Crippen MR) is 82.5 cm³/mol. The fourth-order valence-electron chi connectivity index (χ4n) is 3.10. The zero-order chi connectivity index (χ0) is 13.6. The molecule has 100 valence electrons. The Kier molecular flexibility index (Phi) is 3.06. The monoisotopic (exact) mass is 318 g/mol. The van der Waals surface area contributed by atoms with E-state index in [9.17, 15) is 0 Å². The van der Waals surface area contributed by atoms with Crippen molar-refractivity contribution in [2.45, 2.75) is 32.7 Å². The van der Waals surface area contributed by atoms with Crippen molar-refractivity contribution in [2.24, 2.45) is 11.1 Å². The summed E-state index contributed by atoms with van der Waals surface area (Å²) in [5.74, 6) is 0. The van der Waals surface area contributed by atoms with Gasteiger partial charge in [-0.3, -0.25) is 0 Å². The Hall–Kier alpha value is -1.06. The van der Waals surface area contributed by atoms with Gasteiger partial charge in [0.1, 0.15) is 0 Å². The standard InChI is InChI=1S/C16H19BrN2/c1-16(2)9-14(18)13-6-7-19(15(13)10-16)12-5-3-4-11(17)8-12/h3-8,14H,9-10,18H2,1-2H3. The Morgan fingerprint density at radius 3 is 2.84 bits per heavy atom. The van der Waals surface area contributed by atoms with Crippen LogP contribution in [-0.4, -0.2) is 4.57 Å². The van der Waals surface area contributed by atoms with Crippen LogP contribution >= 0.6 is 15.9 Å². The number of hydrogen-bond donors (Lipinski definition) is 1. The second-order valence-electron chi connectivity index (χ2n) is 6.22. The van der Waals surface area contributed by atoms with Crippen molar-refractivity contribution in [1.29, 1.82) is 0 Å². The van der Waals surface area contributed by atoms with Gasteiger partial charge in [-0.15, -0.1) is 0 Å². The minimum Gasteiger partial charge on any atom is -0.324 e. The molecule has 2 aromatic rings. The second-order valence-corrected chi connectivity index (χ2v) is 7.13. The Morgan fingerprint density at radius 2 is 2.11 bits per heavy atom. The molecule has 0 aliphatic heterocycles. The van der Waals surface area contributed by atoms with E-state index in [1.807, 2.05) is 0 Å². The number of benzene rings is 1. The number of hydrogen-bond acceptors (Lipinski definition) is 1. The molecule has 1 aromatic carbocycles. The number of nitrogens with zero attached hydrogens (tertiary/aromatic N) is 1. The maximum Gasteiger partial charge on any atom is 0.0463 e. The summed E-state index contributed by atoms with van der Waals surface area (Å²) in [6, 6.07) is 10.7. The molecule has 0 amide bonds. The van der Waals surface area contributed by atoms with E-state index in [1.54, 1.807) is 0 Å². The molecule has 0 radical (unpaired) electrons. The third kappa shape index (κ3) is 2.37. The van der Waals surface area contributed by atoms with Gasteiger partial charge in [0.2, 0.25) is 0 Å². The summed E-state index contributed by atoms with van der Waals surface area (Å²) in [5.41, 5.74) is 10.5. The van der Waals surface area contributed by atoms with Crippen molar-refractivity contribution in [3.63, 3.8) is 0 Å². The van der Waals surface area contributed by atoms with Gasteiger partial charge in [-0.1, -0.05) is 35.8 Å². The van der Waals surface area contributed by atoms with Crippen LogP contribution in [0.3, 0.4) is 0 Å². The van der Waals surface area contributed by atoms with Crippen LogP contribution in [0.5, 0.6) is 0 Å². The van der Waals surface area contributed by atoms with Crippen LogP contribution in [0.4, 0.5) is 0 Å². The van der Waals surface area contributed by atoms with Gasteiger partial charge >= 0.3 is 0 Å². The van der Waals surface area contributed by atoms with E-state index >= 15 is 0 Å². The summed E-state index contributed by atoms with van der Waals surface area (Å²) < 4.78 is 3.38. The van der Waals surface area contributed by atoms with Crippen LogP contribution in [0.2, 0.25) is 0 Å². The molecule has 3 rings (SSSR count). The van der Waals surface area contributed by atoms with Crippen LogP contribution in [-0.2, 0) is 6.42 Å². The highest BCUT2D eigenvalue weighted by Crippen LogP contribution is 2.40. The van der Waals surface area contributed by atoms with Crippen molar-refractivity contribution in [3.05, 3.63) is 52.3 Å². The molecule has 0 fully saturated rings. The number of nitrogens with two attached hydrogens (primary N) is 1. The van der Waals surface area contributed by atoms with Gasteiger partial charge in [-0.05, 0) is 48.1 Å². The van der Waals surface area contributed by atoms with Crippen molar-refractivity contribution in [3.8, 4) is 5.69 Å². The molecule has 19 heavy (non-hydrogen) atoms. The molecule has 1 atom stereocenters. The highest BCUT2D eigenvalue weighted by molar-refractivity contribution is 9.10. The van der Waals surface area contributed by atoms with Crippen molar-refractivity contribution in [2.75, 3.05) is 0 Å². The van der Waals surface area contributed by atoms with E-state index in [-0.39, 0.29) is 11.5 Å². The van der Waals surface area contributed by atoms with Gasteiger partial charge in [-0.25, -0.2) is 0 Å². The molecule has 0 bridgehead atoms. The molecule has 1 heterocycles. The average Bonchev–Trinajstić information content (AvgIpc) is 2.71. The lowest BCUT2D eigenvalue weighted by molar-refractivity contribution is 0.278. The Labute approximate surface area is 122 Å². The van der Waals surface area contributed by atoms with Crippen molar-refractivity contribution < 1.29 is 0 Å². The van der Waals surface area contributed by atoms with Gasteiger partial charge in [0.05, 0.1) is 0 Å². The third-order valence-electron chi connectivity index (χ3n) is 3.93. The molecule has 1 aliphatic carbocycles. The van der Waals surface area contributed by atoms with Gasteiger partial charge in [0, 0.05) is 28.1 Å². The first-order valence-electron chi connectivity index (χ1n) is 6.68. The summed E-state index contributed by atoms with van der Waals surface area (Å²) in [5, 5.41) is 0. The number of aromatic nitrogens is 1. The second kappa shape index (κ2) is 4.50. The Balaban J connectivity index is 2.11. The molecule has 0 spiro atoms. The van der Waals surface area contributed by atoms with Gasteiger partial charge in [-0.2, -0.15) is 0 Å². The lowest BCUT2D eigenvalue weighted by atomic mass is 9.74. The molecule has 2 nitrogen and oxygen atoms in total. The smallest absolute Gasteiger partial charge is 0.0463 e. The van der Waals surface area contributed by atoms with E-state index in [1.165, 1.54) is 16.9 Å². The predicted octanol–water partition coefficient (Wildman–Crippen LogP) is 4.21. The first kappa shape index (κ1) is 12.9. The Bertz CT molecular complexity index is 613. The van der Waals surface area contributed by atoms with Crippen LogP contribution in [0, 0.1) is 5.41 Å². The van der Waals surface area contributed by atoms with Gasteiger partial charge in [0.15, 0.2) is 0 Å². The summed E-state index contributed by atoms with van der Waals surface area (Å²) >= 11 is 3.54. The van der Waals surface area contributed by atoms with Crippen LogP contribution < -0.4 is 5.73 Å². The van der Waals surface area contributed by atoms with E-state index in [0.29, 0.717) is 0 Å². The third-order valence-corrected chi connectivity index (χ3v) is 4.42. The molecule has 2 N–H and O–H groups in total. The Morgan fingerprint density at radius 1 is 1.32 bits per heavy atom. The SMILES string of the molecule is CC1(C)Cc2c(ccn2-c2cccc(Br)c2)C(N)C1. The van der Waals surface area contributed by atoms with Crippen molar-refractivity contribution in [1.82, 2.24) is 4.57 Å². The van der Waals surface area contributed by atoms with E-state index in [2.05, 4.69) is 70.9 Å². The molecule has 1 aliphatic rings. The summed E-state index contributed by atoms with van der Waals surface area (Å²) in [6.45, 7) is 4.60. The topological polar surface area (TPSA) is 30.9 Å². The summed E-state index contributed by atoms with van der Waals surface area (Å²) in [7, 11) is 0. The fourth-order valence-corrected chi connectivity index (χ4v) is 3.49. The van der Waals surface area contributed by atoms with Crippen molar-refractivity contribution >= 4 is 15.9 Å². The summed E-state index contributed by atoms with van der Waals surface area (Å²) in [6.07, 6.45) is 4.28. The maximum atomic E-state index is 6.32. The lowest BCUT2D eigenvalue weighted by Crippen LogP contribution is -2.30. The van der Waals surface area contributed by atoms with Crippen LogP contribution in [0.1, 0.15) is 37.6 Å². The highest BCUT2D eigenvalue weighted by Gasteiger charge is 2.32. The molecular formula is C16H19BrN2. The normalized spacial score (nSPS) is 21.2. The quantitative estimate of drug-likeness (QED) is 0.838.